The molecular weight excluding hydrogens is 234 g/mol. The predicted octanol–water partition coefficient (Wildman–Crippen LogP) is 3.40. The maximum atomic E-state index is 10.0. The van der Waals surface area contributed by atoms with Crippen LogP contribution in [0.15, 0.2) is 48.8 Å². The summed E-state index contributed by atoms with van der Waals surface area (Å²) in [6.45, 7) is 0. The standard InChI is InChI=1S/C14H14ClNO/c15-13-5-1-4-12(9-13)14(17)7-6-11-3-2-8-16-10-11/h1-5,8-10,14,17H,6-7H2. The van der Waals surface area contributed by atoms with Crippen LogP contribution in [-0.4, -0.2) is 10.1 Å². The Balaban J connectivity index is 1.96. The van der Waals surface area contributed by atoms with E-state index in [0.29, 0.717) is 11.4 Å². The molecule has 1 heterocycles. The molecule has 0 radical (unpaired) electrons. The third-order valence-electron chi connectivity index (χ3n) is 2.66. The Morgan fingerprint density at radius 1 is 1.24 bits per heavy atom. The summed E-state index contributed by atoms with van der Waals surface area (Å²) in [6.07, 6.45) is 4.57. The van der Waals surface area contributed by atoms with Crippen LogP contribution < -0.4 is 0 Å². The van der Waals surface area contributed by atoms with E-state index in [-0.39, 0.29) is 0 Å². The summed E-state index contributed by atoms with van der Waals surface area (Å²) in [4.78, 5) is 4.05. The molecule has 1 atom stereocenters. The van der Waals surface area contributed by atoms with Crippen molar-refractivity contribution in [3.8, 4) is 0 Å². The quantitative estimate of drug-likeness (QED) is 0.898. The van der Waals surface area contributed by atoms with Gasteiger partial charge < -0.3 is 5.11 Å². The van der Waals surface area contributed by atoms with Crippen LogP contribution in [0.5, 0.6) is 0 Å². The van der Waals surface area contributed by atoms with Crippen molar-refractivity contribution >= 4 is 11.6 Å². The number of aliphatic hydroxyl groups is 1. The largest absolute Gasteiger partial charge is 0.388 e. The summed E-state index contributed by atoms with van der Waals surface area (Å²) >= 11 is 5.88. The average Bonchev–Trinajstić information content (AvgIpc) is 2.37. The summed E-state index contributed by atoms with van der Waals surface area (Å²) in [7, 11) is 0. The van der Waals surface area contributed by atoms with E-state index in [2.05, 4.69) is 4.98 Å². The zero-order chi connectivity index (χ0) is 12.1. The number of benzene rings is 1. The maximum Gasteiger partial charge on any atom is 0.0793 e. The number of hydrogen-bond donors (Lipinski definition) is 1. The number of aromatic nitrogens is 1. The van der Waals surface area contributed by atoms with E-state index < -0.39 is 6.10 Å². The predicted molar refractivity (Wildman–Crippen MR) is 69.0 cm³/mol. The monoisotopic (exact) mass is 247 g/mol. The Hall–Kier alpha value is -1.38. The normalized spacial score (nSPS) is 12.4. The van der Waals surface area contributed by atoms with Gasteiger partial charge in [0.05, 0.1) is 6.10 Å². The van der Waals surface area contributed by atoms with Gasteiger partial charge in [-0.25, -0.2) is 0 Å². The smallest absolute Gasteiger partial charge is 0.0793 e. The van der Waals surface area contributed by atoms with Crippen LogP contribution in [0, 0.1) is 0 Å². The number of halogens is 1. The third-order valence-corrected chi connectivity index (χ3v) is 2.90. The van der Waals surface area contributed by atoms with E-state index in [4.69, 9.17) is 11.6 Å². The van der Waals surface area contributed by atoms with E-state index in [9.17, 15) is 5.11 Å². The highest BCUT2D eigenvalue weighted by Crippen LogP contribution is 2.21. The molecule has 2 rings (SSSR count). The second-order valence-corrected chi connectivity index (χ2v) is 4.41. The van der Waals surface area contributed by atoms with Crippen molar-refractivity contribution in [3.05, 3.63) is 64.9 Å². The molecule has 0 bridgehead atoms. The van der Waals surface area contributed by atoms with Gasteiger partial charge in [0.25, 0.3) is 0 Å². The van der Waals surface area contributed by atoms with E-state index in [1.54, 1.807) is 18.3 Å². The molecule has 0 spiro atoms. The van der Waals surface area contributed by atoms with Crippen LogP contribution in [0.4, 0.5) is 0 Å². The van der Waals surface area contributed by atoms with Crippen LogP contribution >= 0.6 is 11.6 Å². The number of aliphatic hydroxyl groups excluding tert-OH is 1. The van der Waals surface area contributed by atoms with Gasteiger partial charge in [0, 0.05) is 17.4 Å². The van der Waals surface area contributed by atoms with Crippen molar-refractivity contribution in [2.45, 2.75) is 18.9 Å². The average molecular weight is 248 g/mol. The van der Waals surface area contributed by atoms with Crippen LogP contribution in [0.25, 0.3) is 0 Å². The molecule has 1 aromatic heterocycles. The van der Waals surface area contributed by atoms with Gasteiger partial charge in [-0.15, -0.1) is 0 Å². The molecule has 88 valence electrons. The summed E-state index contributed by atoms with van der Waals surface area (Å²) in [6, 6.07) is 11.3. The van der Waals surface area contributed by atoms with Gasteiger partial charge in [0.2, 0.25) is 0 Å². The molecular formula is C14H14ClNO. The van der Waals surface area contributed by atoms with E-state index in [1.807, 2.05) is 30.5 Å². The molecule has 17 heavy (non-hydrogen) atoms. The summed E-state index contributed by atoms with van der Waals surface area (Å²) < 4.78 is 0. The lowest BCUT2D eigenvalue weighted by molar-refractivity contribution is 0.168. The molecule has 0 aliphatic heterocycles. The van der Waals surface area contributed by atoms with Gasteiger partial charge in [-0.2, -0.15) is 0 Å². The van der Waals surface area contributed by atoms with Gasteiger partial charge in [0.1, 0.15) is 0 Å². The van der Waals surface area contributed by atoms with E-state index in [1.165, 1.54) is 0 Å². The Bertz CT molecular complexity index is 473. The zero-order valence-electron chi connectivity index (χ0n) is 9.38. The number of aryl methyl sites for hydroxylation is 1. The first-order valence-corrected chi connectivity index (χ1v) is 5.96. The molecule has 0 saturated heterocycles. The molecule has 1 aromatic carbocycles. The van der Waals surface area contributed by atoms with Crippen LogP contribution in [0.2, 0.25) is 5.02 Å². The Labute approximate surface area is 106 Å². The van der Waals surface area contributed by atoms with Crippen molar-refractivity contribution in [1.29, 1.82) is 0 Å². The molecule has 0 aliphatic carbocycles. The third kappa shape index (κ3) is 3.55. The fraction of sp³-hybridized carbons (Fsp3) is 0.214. The number of nitrogens with zero attached hydrogens (tertiary/aromatic N) is 1. The SMILES string of the molecule is OC(CCc1cccnc1)c1cccc(Cl)c1. The first-order valence-electron chi connectivity index (χ1n) is 5.58. The van der Waals surface area contributed by atoms with Crippen LogP contribution in [0.1, 0.15) is 23.7 Å². The lowest BCUT2D eigenvalue weighted by Gasteiger charge is -2.11. The number of pyridine rings is 1. The lowest BCUT2D eigenvalue weighted by atomic mass is 10.0. The minimum Gasteiger partial charge on any atom is -0.388 e. The highest BCUT2D eigenvalue weighted by atomic mass is 35.5. The van der Waals surface area contributed by atoms with Crippen LogP contribution in [0.3, 0.4) is 0 Å². The fourth-order valence-electron chi connectivity index (χ4n) is 1.73. The van der Waals surface area contributed by atoms with Gasteiger partial charge in [-0.3, -0.25) is 4.98 Å². The molecule has 0 saturated carbocycles. The molecule has 2 aromatic rings. The number of rotatable bonds is 4. The van der Waals surface area contributed by atoms with Crippen molar-refractivity contribution in [3.63, 3.8) is 0 Å². The Morgan fingerprint density at radius 2 is 2.12 bits per heavy atom. The van der Waals surface area contributed by atoms with Crippen LogP contribution in [-0.2, 0) is 6.42 Å². The second-order valence-electron chi connectivity index (χ2n) is 3.97. The van der Waals surface area contributed by atoms with E-state index >= 15 is 0 Å². The van der Waals surface area contributed by atoms with Gasteiger partial charge in [-0.05, 0) is 42.2 Å². The van der Waals surface area contributed by atoms with Gasteiger partial charge >= 0.3 is 0 Å². The molecule has 2 nitrogen and oxygen atoms in total. The first kappa shape index (κ1) is 12.1. The minimum atomic E-state index is -0.478. The Morgan fingerprint density at radius 3 is 2.82 bits per heavy atom. The summed E-state index contributed by atoms with van der Waals surface area (Å²) in [5.74, 6) is 0. The molecule has 0 fully saturated rings. The highest BCUT2D eigenvalue weighted by Gasteiger charge is 2.07. The highest BCUT2D eigenvalue weighted by molar-refractivity contribution is 6.30. The fourth-order valence-corrected chi connectivity index (χ4v) is 1.93. The zero-order valence-corrected chi connectivity index (χ0v) is 10.1. The van der Waals surface area contributed by atoms with Crippen molar-refractivity contribution in [2.75, 3.05) is 0 Å². The maximum absolute atomic E-state index is 10.0. The number of hydrogen-bond acceptors (Lipinski definition) is 2. The first-order chi connectivity index (χ1) is 8.25. The van der Waals surface area contributed by atoms with Crippen molar-refractivity contribution in [2.24, 2.45) is 0 Å². The minimum absolute atomic E-state index is 0.478. The van der Waals surface area contributed by atoms with E-state index in [0.717, 1.165) is 17.5 Å². The summed E-state index contributed by atoms with van der Waals surface area (Å²) in [5.41, 5.74) is 2.00. The Kier molecular flexibility index (Phi) is 4.13. The molecule has 1 N–H and O–H groups in total. The van der Waals surface area contributed by atoms with Crippen molar-refractivity contribution < 1.29 is 5.11 Å². The van der Waals surface area contributed by atoms with Gasteiger partial charge in [0.15, 0.2) is 0 Å². The topological polar surface area (TPSA) is 33.1 Å². The van der Waals surface area contributed by atoms with Gasteiger partial charge in [-0.1, -0.05) is 29.8 Å². The molecule has 0 amide bonds. The molecule has 1 unspecified atom stereocenters. The molecule has 3 heteroatoms. The van der Waals surface area contributed by atoms with Crippen molar-refractivity contribution in [1.82, 2.24) is 4.98 Å². The molecule has 0 aliphatic rings. The second kappa shape index (κ2) is 5.80. The lowest BCUT2D eigenvalue weighted by Crippen LogP contribution is -1.99. The summed E-state index contributed by atoms with van der Waals surface area (Å²) in [5, 5.41) is 10.7.